The van der Waals surface area contributed by atoms with Crippen LogP contribution in [0.5, 0.6) is 11.5 Å². The molecule has 32 heavy (non-hydrogen) atoms. The number of hydrogen-bond acceptors (Lipinski definition) is 7. The first-order valence-corrected chi connectivity index (χ1v) is 11.9. The van der Waals surface area contributed by atoms with E-state index >= 15 is 0 Å². The minimum absolute atomic E-state index is 0.0897. The van der Waals surface area contributed by atoms with Crippen molar-refractivity contribution in [3.8, 4) is 11.5 Å². The molecular weight excluding hydrogens is 446 g/mol. The average Bonchev–Trinajstić information content (AvgIpc) is 3.07. The molecule has 0 bridgehead atoms. The summed E-state index contributed by atoms with van der Waals surface area (Å²) in [5.41, 5.74) is 1.91. The first-order valence-electron chi connectivity index (χ1n) is 10.1. The number of amides is 1. The van der Waals surface area contributed by atoms with Gasteiger partial charge in [0.2, 0.25) is 5.91 Å². The highest BCUT2D eigenvalue weighted by Gasteiger charge is 2.17. The molecule has 0 spiro atoms. The van der Waals surface area contributed by atoms with Crippen molar-refractivity contribution in [2.45, 2.75) is 32.0 Å². The zero-order chi connectivity index (χ0) is 23.3. The summed E-state index contributed by atoms with van der Waals surface area (Å²) in [6.07, 6.45) is 2.33. The van der Waals surface area contributed by atoms with Crippen molar-refractivity contribution in [2.75, 3.05) is 26.5 Å². The Hall–Kier alpha value is -2.78. The summed E-state index contributed by atoms with van der Waals surface area (Å²) in [5.74, 6) is 1.38. The van der Waals surface area contributed by atoms with Crippen molar-refractivity contribution >= 4 is 39.2 Å². The van der Waals surface area contributed by atoms with E-state index in [0.29, 0.717) is 46.4 Å². The number of aryl methyl sites for hydroxylation is 2. The van der Waals surface area contributed by atoms with E-state index in [1.165, 1.54) is 23.1 Å². The van der Waals surface area contributed by atoms with E-state index in [-0.39, 0.29) is 17.2 Å². The number of methoxy groups -OCH3 is 2. The van der Waals surface area contributed by atoms with Gasteiger partial charge in [0.15, 0.2) is 16.7 Å². The molecule has 7 nitrogen and oxygen atoms in total. The fraction of sp³-hybridized carbons (Fsp3) is 0.348. The zero-order valence-corrected chi connectivity index (χ0v) is 20.3. The topological polar surface area (TPSA) is 82.5 Å². The molecule has 0 saturated carbocycles. The highest BCUT2D eigenvalue weighted by atomic mass is 32.2. The van der Waals surface area contributed by atoms with E-state index < -0.39 is 0 Å². The number of thiophene rings is 1. The maximum atomic E-state index is 13.0. The number of nitrogens with zero attached hydrogens (tertiary/aromatic N) is 2. The third kappa shape index (κ3) is 5.16. The van der Waals surface area contributed by atoms with Gasteiger partial charge in [-0.1, -0.05) is 23.9 Å². The lowest BCUT2D eigenvalue weighted by Gasteiger charge is -2.11. The molecule has 0 aliphatic rings. The molecule has 9 heteroatoms. The Bertz CT molecular complexity index is 1200. The third-order valence-electron chi connectivity index (χ3n) is 5.08. The summed E-state index contributed by atoms with van der Waals surface area (Å²) >= 11 is 2.76. The van der Waals surface area contributed by atoms with E-state index in [9.17, 15) is 9.59 Å². The molecule has 2 aromatic heterocycles. The minimum Gasteiger partial charge on any atom is -0.493 e. The zero-order valence-electron chi connectivity index (χ0n) is 18.7. The molecule has 1 amide bonds. The number of hydrogen-bond donors (Lipinski definition) is 1. The lowest BCUT2D eigenvalue weighted by atomic mass is 10.1. The average molecular weight is 474 g/mol. The van der Waals surface area contributed by atoms with Gasteiger partial charge in [-0.05, 0) is 43.5 Å². The number of fused-ring (bicyclic) bond motifs is 1. The molecule has 0 saturated heterocycles. The fourth-order valence-electron chi connectivity index (χ4n) is 3.27. The van der Waals surface area contributed by atoms with Gasteiger partial charge in [-0.3, -0.25) is 14.2 Å². The molecule has 170 valence electrons. The smallest absolute Gasteiger partial charge is 0.263 e. The molecular formula is C23H27N3O4S2. The lowest BCUT2D eigenvalue weighted by Crippen LogP contribution is -2.28. The predicted molar refractivity (Wildman–Crippen MR) is 131 cm³/mol. The van der Waals surface area contributed by atoms with Crippen LogP contribution in [0, 0.1) is 13.8 Å². The SMILES string of the molecule is C=CCn1c(SCC(=O)NCCc2ccc(OC)c(OC)c2)nc2sc(C)c(C)c2c1=O. The summed E-state index contributed by atoms with van der Waals surface area (Å²) in [5, 5.41) is 4.10. The first-order chi connectivity index (χ1) is 15.4. The van der Waals surface area contributed by atoms with Gasteiger partial charge in [-0.25, -0.2) is 4.98 Å². The van der Waals surface area contributed by atoms with Crippen molar-refractivity contribution in [1.82, 2.24) is 14.9 Å². The normalized spacial score (nSPS) is 10.9. The second-order valence-electron chi connectivity index (χ2n) is 7.14. The highest BCUT2D eigenvalue weighted by molar-refractivity contribution is 7.99. The van der Waals surface area contributed by atoms with Gasteiger partial charge in [-0.2, -0.15) is 0 Å². The molecule has 3 aromatic rings. The van der Waals surface area contributed by atoms with Crippen LogP contribution in [0.2, 0.25) is 0 Å². The largest absolute Gasteiger partial charge is 0.493 e. The second-order valence-corrected chi connectivity index (χ2v) is 9.29. The number of nitrogens with one attached hydrogen (secondary N) is 1. The van der Waals surface area contributed by atoms with Crippen LogP contribution >= 0.6 is 23.1 Å². The monoisotopic (exact) mass is 473 g/mol. The van der Waals surface area contributed by atoms with Crippen molar-refractivity contribution in [3.05, 3.63) is 57.2 Å². The van der Waals surface area contributed by atoms with E-state index in [0.717, 1.165) is 16.0 Å². The molecule has 3 rings (SSSR count). The highest BCUT2D eigenvalue weighted by Crippen LogP contribution is 2.29. The van der Waals surface area contributed by atoms with Crippen LogP contribution in [0.3, 0.4) is 0 Å². The number of carbonyl (C=O) groups excluding carboxylic acids is 1. The van der Waals surface area contributed by atoms with Crippen LogP contribution in [-0.2, 0) is 17.8 Å². The minimum atomic E-state index is -0.117. The number of ether oxygens (including phenoxy) is 2. The van der Waals surface area contributed by atoms with E-state index in [4.69, 9.17) is 9.47 Å². The van der Waals surface area contributed by atoms with Crippen molar-refractivity contribution < 1.29 is 14.3 Å². The molecule has 0 aliphatic heterocycles. The van der Waals surface area contributed by atoms with Gasteiger partial charge in [0.05, 0.1) is 25.4 Å². The maximum Gasteiger partial charge on any atom is 0.263 e. The molecule has 1 N–H and O–H groups in total. The van der Waals surface area contributed by atoms with Gasteiger partial charge in [0.1, 0.15) is 4.83 Å². The summed E-state index contributed by atoms with van der Waals surface area (Å²) in [4.78, 5) is 31.8. The van der Waals surface area contributed by atoms with Gasteiger partial charge in [0, 0.05) is 18.0 Å². The number of rotatable bonds is 10. The molecule has 0 atom stereocenters. The molecule has 0 radical (unpaired) electrons. The summed E-state index contributed by atoms with van der Waals surface area (Å²) in [7, 11) is 3.19. The van der Waals surface area contributed by atoms with E-state index in [1.54, 1.807) is 24.9 Å². The fourth-order valence-corrected chi connectivity index (χ4v) is 5.18. The van der Waals surface area contributed by atoms with Crippen LogP contribution in [0.1, 0.15) is 16.0 Å². The Morgan fingerprint density at radius 2 is 2.03 bits per heavy atom. The number of thioether (sulfide) groups is 1. The summed E-state index contributed by atoms with van der Waals surface area (Å²) in [6, 6.07) is 5.69. The first kappa shape index (κ1) is 23.9. The summed E-state index contributed by atoms with van der Waals surface area (Å²) < 4.78 is 12.1. The Balaban J connectivity index is 1.64. The van der Waals surface area contributed by atoms with Crippen LogP contribution in [-0.4, -0.2) is 42.0 Å². The van der Waals surface area contributed by atoms with Crippen LogP contribution in [0.4, 0.5) is 0 Å². The van der Waals surface area contributed by atoms with Crippen LogP contribution in [0.25, 0.3) is 10.2 Å². The molecule has 0 fully saturated rings. The van der Waals surface area contributed by atoms with Crippen molar-refractivity contribution in [2.24, 2.45) is 0 Å². The number of carbonyl (C=O) groups is 1. The standard InChI is InChI=1S/C23H27N3O4S2/c1-6-11-26-22(28)20-14(2)15(3)32-21(20)25-23(26)31-13-19(27)24-10-9-16-7-8-17(29-4)18(12-16)30-5/h6-8,12H,1,9-11,13H2,2-5H3,(H,24,27). The van der Waals surface area contributed by atoms with Gasteiger partial charge in [0.25, 0.3) is 5.56 Å². The third-order valence-corrected chi connectivity index (χ3v) is 7.16. The van der Waals surface area contributed by atoms with Crippen LogP contribution < -0.4 is 20.3 Å². The van der Waals surface area contributed by atoms with Crippen molar-refractivity contribution in [1.29, 1.82) is 0 Å². The Kier molecular flexibility index (Phi) is 7.98. The molecule has 0 aliphatic carbocycles. The van der Waals surface area contributed by atoms with Crippen LogP contribution in [0.15, 0.2) is 40.8 Å². The molecule has 2 heterocycles. The molecule has 0 unspecified atom stereocenters. The maximum absolute atomic E-state index is 13.0. The van der Waals surface area contributed by atoms with E-state index in [1.807, 2.05) is 32.0 Å². The summed E-state index contributed by atoms with van der Waals surface area (Å²) in [6.45, 7) is 8.50. The molecule has 1 aromatic carbocycles. The number of benzene rings is 1. The predicted octanol–water partition coefficient (Wildman–Crippen LogP) is 3.73. The number of allylic oxidation sites excluding steroid dienone is 1. The van der Waals surface area contributed by atoms with Crippen molar-refractivity contribution in [3.63, 3.8) is 0 Å². The Labute approximate surface area is 195 Å². The second kappa shape index (κ2) is 10.7. The lowest BCUT2D eigenvalue weighted by molar-refractivity contribution is -0.118. The number of aromatic nitrogens is 2. The van der Waals surface area contributed by atoms with Gasteiger partial charge < -0.3 is 14.8 Å². The Morgan fingerprint density at radius 1 is 1.28 bits per heavy atom. The Morgan fingerprint density at radius 3 is 2.72 bits per heavy atom. The quantitative estimate of drug-likeness (QED) is 0.275. The van der Waals surface area contributed by atoms with E-state index in [2.05, 4.69) is 16.9 Å². The van der Waals surface area contributed by atoms with Gasteiger partial charge in [-0.15, -0.1) is 17.9 Å². The van der Waals surface area contributed by atoms with Gasteiger partial charge >= 0.3 is 0 Å².